The van der Waals surface area contributed by atoms with Gasteiger partial charge in [-0.1, -0.05) is 13.8 Å². The van der Waals surface area contributed by atoms with Crippen LogP contribution in [0.15, 0.2) is 0 Å². The highest BCUT2D eigenvalue weighted by Gasteiger charge is 2.37. The van der Waals surface area contributed by atoms with Crippen LogP contribution in [0.25, 0.3) is 0 Å². The van der Waals surface area contributed by atoms with Crippen molar-refractivity contribution in [3.63, 3.8) is 0 Å². The normalized spacial score (nSPS) is 32.8. The highest BCUT2D eigenvalue weighted by Crippen LogP contribution is 2.38. The molecule has 0 radical (unpaired) electrons. The average Bonchev–Trinajstić information content (AvgIpc) is 2.59. The summed E-state index contributed by atoms with van der Waals surface area (Å²) >= 11 is 2.07. The predicted octanol–water partition coefficient (Wildman–Crippen LogP) is 2.38. The molecule has 0 bridgehead atoms. The van der Waals surface area contributed by atoms with Gasteiger partial charge in [0, 0.05) is 18.1 Å². The minimum atomic E-state index is 0.260. The van der Waals surface area contributed by atoms with E-state index in [0.717, 1.165) is 6.54 Å². The maximum absolute atomic E-state index is 6.01. The first-order chi connectivity index (χ1) is 7.55. The summed E-state index contributed by atoms with van der Waals surface area (Å²) in [5, 5.41) is 3.90. The molecule has 0 aromatic rings. The number of nitrogens with two attached hydrogens (primary N) is 1. The summed E-state index contributed by atoms with van der Waals surface area (Å²) in [5.74, 6) is 2.56. The molecule has 1 aliphatic carbocycles. The van der Waals surface area contributed by atoms with Crippen molar-refractivity contribution in [2.75, 3.05) is 18.1 Å². The molecular weight excluding hydrogens is 216 g/mol. The Labute approximate surface area is 104 Å². The SMILES string of the molecule is CC1(C)CCC(NC2(CN)CCSCC2)C1. The van der Waals surface area contributed by atoms with Crippen molar-refractivity contribution < 1.29 is 0 Å². The van der Waals surface area contributed by atoms with E-state index in [9.17, 15) is 0 Å². The van der Waals surface area contributed by atoms with Gasteiger partial charge >= 0.3 is 0 Å². The smallest absolute Gasteiger partial charge is 0.0322 e. The molecule has 1 atom stereocenters. The maximum Gasteiger partial charge on any atom is 0.0322 e. The number of thioether (sulfide) groups is 1. The minimum absolute atomic E-state index is 0.260. The van der Waals surface area contributed by atoms with E-state index in [0.29, 0.717) is 11.5 Å². The molecule has 2 nitrogen and oxygen atoms in total. The predicted molar refractivity (Wildman–Crippen MR) is 72.9 cm³/mol. The molecule has 3 N–H and O–H groups in total. The molecule has 1 unspecified atom stereocenters. The third-order valence-electron chi connectivity index (χ3n) is 4.32. The molecule has 0 spiro atoms. The van der Waals surface area contributed by atoms with Crippen molar-refractivity contribution in [2.24, 2.45) is 11.1 Å². The van der Waals surface area contributed by atoms with Gasteiger partial charge in [-0.15, -0.1) is 0 Å². The van der Waals surface area contributed by atoms with E-state index in [1.54, 1.807) is 0 Å². The standard InChI is InChI=1S/C13H26N2S/c1-12(2)4-3-11(9-12)15-13(10-14)5-7-16-8-6-13/h11,15H,3-10,14H2,1-2H3. The van der Waals surface area contributed by atoms with E-state index in [1.807, 2.05) is 0 Å². The van der Waals surface area contributed by atoms with Crippen LogP contribution in [0.1, 0.15) is 46.0 Å². The van der Waals surface area contributed by atoms with E-state index in [2.05, 4.69) is 30.9 Å². The average molecular weight is 242 g/mol. The van der Waals surface area contributed by atoms with Gasteiger partial charge in [0.05, 0.1) is 0 Å². The molecule has 1 saturated carbocycles. The number of rotatable bonds is 3. The van der Waals surface area contributed by atoms with E-state index in [-0.39, 0.29) is 5.54 Å². The molecule has 0 aromatic carbocycles. The van der Waals surface area contributed by atoms with Gasteiger partial charge in [0.1, 0.15) is 0 Å². The van der Waals surface area contributed by atoms with Crippen LogP contribution in [0.2, 0.25) is 0 Å². The Morgan fingerprint density at radius 3 is 2.44 bits per heavy atom. The fourth-order valence-corrected chi connectivity index (χ4v) is 4.44. The summed E-state index contributed by atoms with van der Waals surface area (Å²) in [4.78, 5) is 0. The van der Waals surface area contributed by atoms with Gasteiger partial charge in [0.25, 0.3) is 0 Å². The Bertz CT molecular complexity index is 234. The van der Waals surface area contributed by atoms with Crippen LogP contribution in [-0.2, 0) is 0 Å². The molecule has 0 amide bonds. The minimum Gasteiger partial charge on any atom is -0.329 e. The summed E-state index contributed by atoms with van der Waals surface area (Å²) in [6.07, 6.45) is 6.53. The van der Waals surface area contributed by atoms with Crippen molar-refractivity contribution in [3.8, 4) is 0 Å². The van der Waals surface area contributed by atoms with Crippen molar-refractivity contribution >= 4 is 11.8 Å². The summed E-state index contributed by atoms with van der Waals surface area (Å²) in [7, 11) is 0. The first-order valence-corrected chi connectivity index (χ1v) is 7.76. The molecule has 2 fully saturated rings. The van der Waals surface area contributed by atoms with Gasteiger partial charge in [-0.05, 0) is 49.0 Å². The molecular formula is C13H26N2S. The van der Waals surface area contributed by atoms with Gasteiger partial charge < -0.3 is 11.1 Å². The van der Waals surface area contributed by atoms with Crippen LogP contribution >= 0.6 is 11.8 Å². The van der Waals surface area contributed by atoms with Gasteiger partial charge in [0.2, 0.25) is 0 Å². The second kappa shape index (κ2) is 4.87. The molecule has 0 aromatic heterocycles. The second-order valence-corrected chi connectivity index (χ2v) is 7.57. The van der Waals surface area contributed by atoms with Crippen LogP contribution in [0.4, 0.5) is 0 Å². The molecule has 2 rings (SSSR count). The first kappa shape index (κ1) is 12.7. The molecule has 3 heteroatoms. The Morgan fingerprint density at radius 2 is 1.94 bits per heavy atom. The van der Waals surface area contributed by atoms with Crippen LogP contribution in [0, 0.1) is 5.41 Å². The topological polar surface area (TPSA) is 38.0 Å². The molecule has 1 aliphatic heterocycles. The van der Waals surface area contributed by atoms with E-state index in [1.165, 1.54) is 43.6 Å². The lowest BCUT2D eigenvalue weighted by Gasteiger charge is -2.39. The van der Waals surface area contributed by atoms with Crippen molar-refractivity contribution in [1.82, 2.24) is 5.32 Å². The van der Waals surface area contributed by atoms with Crippen LogP contribution in [0.3, 0.4) is 0 Å². The number of hydrogen-bond donors (Lipinski definition) is 2. The number of hydrogen-bond acceptors (Lipinski definition) is 3. The van der Waals surface area contributed by atoms with Gasteiger partial charge in [-0.3, -0.25) is 0 Å². The zero-order valence-corrected chi connectivity index (χ0v) is 11.5. The lowest BCUT2D eigenvalue weighted by atomic mass is 9.89. The second-order valence-electron chi connectivity index (χ2n) is 6.35. The first-order valence-electron chi connectivity index (χ1n) is 6.61. The zero-order valence-electron chi connectivity index (χ0n) is 10.7. The molecule has 1 heterocycles. The summed E-state index contributed by atoms with van der Waals surface area (Å²) in [6.45, 7) is 5.59. The van der Waals surface area contributed by atoms with Crippen LogP contribution in [-0.4, -0.2) is 29.6 Å². The Kier molecular flexibility index (Phi) is 3.87. The lowest BCUT2D eigenvalue weighted by molar-refractivity contribution is 0.259. The Balaban J connectivity index is 1.91. The van der Waals surface area contributed by atoms with Crippen LogP contribution in [0.5, 0.6) is 0 Å². The summed E-state index contributed by atoms with van der Waals surface area (Å²) in [5.41, 5.74) is 6.81. The highest BCUT2D eigenvalue weighted by atomic mass is 32.2. The Hall–Kier alpha value is 0.270. The molecule has 1 saturated heterocycles. The molecule has 2 aliphatic rings. The lowest BCUT2D eigenvalue weighted by Crippen LogP contribution is -2.56. The Morgan fingerprint density at radius 1 is 1.25 bits per heavy atom. The summed E-state index contributed by atoms with van der Waals surface area (Å²) < 4.78 is 0. The zero-order chi connectivity index (χ0) is 11.6. The van der Waals surface area contributed by atoms with Crippen molar-refractivity contribution in [2.45, 2.75) is 57.5 Å². The van der Waals surface area contributed by atoms with E-state index >= 15 is 0 Å². The van der Waals surface area contributed by atoms with E-state index in [4.69, 9.17) is 5.73 Å². The highest BCUT2D eigenvalue weighted by molar-refractivity contribution is 7.99. The van der Waals surface area contributed by atoms with E-state index < -0.39 is 0 Å². The van der Waals surface area contributed by atoms with Gasteiger partial charge in [-0.2, -0.15) is 11.8 Å². The molecule has 16 heavy (non-hydrogen) atoms. The van der Waals surface area contributed by atoms with Crippen molar-refractivity contribution in [1.29, 1.82) is 0 Å². The fourth-order valence-electron chi connectivity index (χ4n) is 3.16. The monoisotopic (exact) mass is 242 g/mol. The van der Waals surface area contributed by atoms with Gasteiger partial charge in [-0.25, -0.2) is 0 Å². The summed E-state index contributed by atoms with van der Waals surface area (Å²) in [6, 6.07) is 0.710. The quantitative estimate of drug-likeness (QED) is 0.798. The maximum atomic E-state index is 6.01. The molecule has 94 valence electrons. The van der Waals surface area contributed by atoms with Crippen molar-refractivity contribution in [3.05, 3.63) is 0 Å². The largest absolute Gasteiger partial charge is 0.329 e. The third-order valence-corrected chi connectivity index (χ3v) is 5.31. The van der Waals surface area contributed by atoms with Crippen LogP contribution < -0.4 is 11.1 Å². The number of nitrogens with one attached hydrogen (secondary N) is 1. The fraction of sp³-hybridized carbons (Fsp3) is 1.00. The third kappa shape index (κ3) is 2.93. The van der Waals surface area contributed by atoms with Gasteiger partial charge in [0.15, 0.2) is 0 Å².